The van der Waals surface area contributed by atoms with Gasteiger partial charge in [-0.3, -0.25) is 4.79 Å². The molecule has 1 rings (SSSR count). The number of rotatable bonds is 8. The Morgan fingerprint density at radius 2 is 1.83 bits per heavy atom. The minimum atomic E-state index is -4.64. The largest absolute Gasteiger partial charge is 0.467 e. The molecule has 1 aromatic carbocycles. The first-order chi connectivity index (χ1) is 11.3. The van der Waals surface area contributed by atoms with Crippen molar-refractivity contribution in [3.05, 3.63) is 35.4 Å². The first-order valence-corrected chi connectivity index (χ1v) is 7.86. The third kappa shape index (κ3) is 5.86. The number of alkyl halides is 3. The van der Waals surface area contributed by atoms with Gasteiger partial charge in [0.05, 0.1) is 18.2 Å². The number of nitrogens with one attached hydrogen (secondary N) is 1. The Labute approximate surface area is 139 Å². The van der Waals surface area contributed by atoms with Gasteiger partial charge in [0.1, 0.15) is 6.04 Å². The van der Waals surface area contributed by atoms with Crippen molar-refractivity contribution in [1.29, 1.82) is 0 Å². The van der Waals surface area contributed by atoms with Crippen molar-refractivity contribution in [3.8, 4) is 0 Å². The van der Waals surface area contributed by atoms with Gasteiger partial charge in [-0.1, -0.05) is 44.7 Å². The SMILES string of the molecule is CCCCCC[C@@H](NC(=O)c1ccccc1C(F)(F)F)C(=O)OC. The molecular formula is C17H22F3NO3. The Balaban J connectivity index is 2.87. The van der Waals surface area contributed by atoms with Gasteiger partial charge >= 0.3 is 12.1 Å². The van der Waals surface area contributed by atoms with Crippen LogP contribution in [0.25, 0.3) is 0 Å². The van der Waals surface area contributed by atoms with Gasteiger partial charge in [-0.05, 0) is 18.6 Å². The summed E-state index contributed by atoms with van der Waals surface area (Å²) < 4.78 is 43.6. The maximum atomic E-state index is 13.0. The van der Waals surface area contributed by atoms with Gasteiger partial charge in [-0.15, -0.1) is 0 Å². The Kier molecular flexibility index (Phi) is 7.74. The topological polar surface area (TPSA) is 55.4 Å². The highest BCUT2D eigenvalue weighted by Gasteiger charge is 2.35. The Morgan fingerprint density at radius 3 is 2.42 bits per heavy atom. The number of amides is 1. The number of carbonyl (C=O) groups excluding carboxylic acids is 2. The summed E-state index contributed by atoms with van der Waals surface area (Å²) in [4.78, 5) is 24.0. The van der Waals surface area contributed by atoms with Crippen LogP contribution in [0.4, 0.5) is 13.2 Å². The van der Waals surface area contributed by atoms with E-state index in [0.717, 1.165) is 31.4 Å². The van der Waals surface area contributed by atoms with E-state index in [0.29, 0.717) is 12.8 Å². The molecule has 0 saturated carbocycles. The zero-order chi connectivity index (χ0) is 18.2. The minimum Gasteiger partial charge on any atom is -0.467 e. The highest BCUT2D eigenvalue weighted by molar-refractivity contribution is 5.98. The van der Waals surface area contributed by atoms with Gasteiger partial charge in [-0.25, -0.2) is 4.79 Å². The fourth-order valence-corrected chi connectivity index (χ4v) is 2.33. The van der Waals surface area contributed by atoms with Crippen LogP contribution in [-0.4, -0.2) is 25.0 Å². The van der Waals surface area contributed by atoms with E-state index < -0.39 is 35.2 Å². The summed E-state index contributed by atoms with van der Waals surface area (Å²) in [5.41, 5.74) is -1.54. The van der Waals surface area contributed by atoms with E-state index in [1.165, 1.54) is 19.2 Å². The number of unbranched alkanes of at least 4 members (excludes halogenated alkanes) is 3. The molecule has 0 heterocycles. The summed E-state index contributed by atoms with van der Waals surface area (Å²) in [7, 11) is 1.18. The molecule has 0 aliphatic heterocycles. The molecular weight excluding hydrogens is 323 g/mol. The molecule has 0 spiro atoms. The number of halogens is 3. The molecule has 4 nitrogen and oxygen atoms in total. The van der Waals surface area contributed by atoms with E-state index in [-0.39, 0.29) is 0 Å². The van der Waals surface area contributed by atoms with Crippen LogP contribution in [0.15, 0.2) is 24.3 Å². The quantitative estimate of drug-likeness (QED) is 0.573. The third-order valence-electron chi connectivity index (χ3n) is 3.61. The predicted octanol–water partition coefficient (Wildman–Crippen LogP) is 3.95. The van der Waals surface area contributed by atoms with Crippen molar-refractivity contribution < 1.29 is 27.5 Å². The molecule has 0 fully saturated rings. The highest BCUT2D eigenvalue weighted by Crippen LogP contribution is 2.31. The molecule has 0 aromatic heterocycles. The fourth-order valence-electron chi connectivity index (χ4n) is 2.33. The summed E-state index contributed by atoms with van der Waals surface area (Å²) in [6, 6.07) is 3.52. The molecule has 134 valence electrons. The zero-order valence-electron chi connectivity index (χ0n) is 13.8. The average molecular weight is 345 g/mol. The van der Waals surface area contributed by atoms with E-state index in [1.807, 2.05) is 6.92 Å². The van der Waals surface area contributed by atoms with Crippen LogP contribution < -0.4 is 5.32 Å². The maximum absolute atomic E-state index is 13.0. The van der Waals surface area contributed by atoms with E-state index in [9.17, 15) is 22.8 Å². The number of ether oxygens (including phenoxy) is 1. The number of hydrogen-bond acceptors (Lipinski definition) is 3. The summed E-state index contributed by atoms with van der Waals surface area (Å²) >= 11 is 0. The van der Waals surface area contributed by atoms with Crippen molar-refractivity contribution in [3.63, 3.8) is 0 Å². The van der Waals surface area contributed by atoms with Crippen LogP contribution in [0.3, 0.4) is 0 Å². The molecule has 0 bridgehead atoms. The first-order valence-electron chi connectivity index (χ1n) is 7.86. The Morgan fingerprint density at radius 1 is 1.17 bits per heavy atom. The summed E-state index contributed by atoms with van der Waals surface area (Å²) in [6.07, 6.45) is -0.775. The van der Waals surface area contributed by atoms with Crippen molar-refractivity contribution in [2.75, 3.05) is 7.11 Å². The normalized spacial score (nSPS) is 12.5. The van der Waals surface area contributed by atoms with E-state index in [1.54, 1.807) is 0 Å². The number of esters is 1. The van der Waals surface area contributed by atoms with Gasteiger partial charge < -0.3 is 10.1 Å². The van der Waals surface area contributed by atoms with Crippen LogP contribution in [0.2, 0.25) is 0 Å². The van der Waals surface area contributed by atoms with Gasteiger partial charge in [0.2, 0.25) is 0 Å². The van der Waals surface area contributed by atoms with Crippen LogP contribution in [0.1, 0.15) is 54.9 Å². The lowest BCUT2D eigenvalue weighted by molar-refractivity contribution is -0.143. The van der Waals surface area contributed by atoms with Gasteiger partial charge in [0.25, 0.3) is 5.91 Å². The second-order valence-electron chi connectivity index (χ2n) is 5.44. The average Bonchev–Trinajstić information content (AvgIpc) is 2.56. The summed E-state index contributed by atoms with van der Waals surface area (Å²) in [5, 5.41) is 2.36. The molecule has 0 aliphatic carbocycles. The number of benzene rings is 1. The number of hydrogen-bond donors (Lipinski definition) is 1. The van der Waals surface area contributed by atoms with Crippen molar-refractivity contribution >= 4 is 11.9 Å². The maximum Gasteiger partial charge on any atom is 0.417 e. The molecule has 24 heavy (non-hydrogen) atoms. The molecule has 7 heteroatoms. The van der Waals surface area contributed by atoms with Crippen molar-refractivity contribution in [1.82, 2.24) is 5.32 Å². The first kappa shape index (κ1) is 20.0. The minimum absolute atomic E-state index is 0.326. The fraction of sp³-hybridized carbons (Fsp3) is 0.529. The standard InChI is InChI=1S/C17H22F3NO3/c1-3-4-5-6-11-14(16(23)24-2)21-15(22)12-9-7-8-10-13(12)17(18,19)20/h7-10,14H,3-6,11H2,1-2H3,(H,21,22)/t14-/m1/s1. The summed E-state index contributed by atoms with van der Waals surface area (Å²) in [5.74, 6) is -1.60. The van der Waals surface area contributed by atoms with Gasteiger partial charge in [-0.2, -0.15) is 13.2 Å². The van der Waals surface area contributed by atoms with Crippen molar-refractivity contribution in [2.45, 2.75) is 51.2 Å². The zero-order valence-corrected chi connectivity index (χ0v) is 13.8. The molecule has 1 N–H and O–H groups in total. The molecule has 0 aliphatic rings. The molecule has 0 radical (unpaired) electrons. The molecule has 1 amide bonds. The van der Waals surface area contributed by atoms with Crippen LogP contribution in [0, 0.1) is 0 Å². The molecule has 0 unspecified atom stereocenters. The summed E-state index contributed by atoms with van der Waals surface area (Å²) in [6.45, 7) is 2.04. The van der Waals surface area contributed by atoms with E-state index in [2.05, 4.69) is 10.1 Å². The van der Waals surface area contributed by atoms with E-state index >= 15 is 0 Å². The monoisotopic (exact) mass is 345 g/mol. The molecule has 0 saturated heterocycles. The molecule has 1 aromatic rings. The molecule has 1 atom stereocenters. The smallest absolute Gasteiger partial charge is 0.417 e. The van der Waals surface area contributed by atoms with Crippen molar-refractivity contribution in [2.24, 2.45) is 0 Å². The van der Waals surface area contributed by atoms with Crippen LogP contribution in [0.5, 0.6) is 0 Å². The van der Waals surface area contributed by atoms with Gasteiger partial charge in [0.15, 0.2) is 0 Å². The van der Waals surface area contributed by atoms with E-state index in [4.69, 9.17) is 0 Å². The lowest BCUT2D eigenvalue weighted by Gasteiger charge is -2.18. The Bertz CT molecular complexity index is 558. The Hall–Kier alpha value is -2.05. The number of carbonyl (C=O) groups is 2. The highest BCUT2D eigenvalue weighted by atomic mass is 19.4. The second kappa shape index (κ2) is 9.30. The lowest BCUT2D eigenvalue weighted by atomic mass is 10.0. The lowest BCUT2D eigenvalue weighted by Crippen LogP contribution is -2.42. The van der Waals surface area contributed by atoms with Crippen LogP contribution >= 0.6 is 0 Å². The third-order valence-corrected chi connectivity index (χ3v) is 3.61. The number of methoxy groups -OCH3 is 1. The second-order valence-corrected chi connectivity index (χ2v) is 5.44. The van der Waals surface area contributed by atoms with Gasteiger partial charge in [0, 0.05) is 0 Å². The predicted molar refractivity (Wildman–Crippen MR) is 83.5 cm³/mol. The van der Waals surface area contributed by atoms with Crippen LogP contribution in [-0.2, 0) is 15.7 Å².